The van der Waals surface area contributed by atoms with E-state index in [0.717, 1.165) is 19.4 Å². The number of nitrogens with zero attached hydrogens (tertiary/aromatic N) is 1. The van der Waals surface area contributed by atoms with Crippen molar-refractivity contribution < 1.29 is 9.90 Å². The minimum absolute atomic E-state index is 0.481. The first-order valence-corrected chi connectivity index (χ1v) is 6.69. The van der Waals surface area contributed by atoms with E-state index in [-0.39, 0.29) is 0 Å². The SMILES string of the molecule is CCC(C)CC(CC)N1CCC(N)(C(=O)O)C1. The second kappa shape index (κ2) is 5.83. The zero-order valence-corrected chi connectivity index (χ0v) is 11.3. The molecule has 0 radical (unpaired) electrons. The van der Waals surface area contributed by atoms with Gasteiger partial charge >= 0.3 is 5.97 Å². The Balaban J connectivity index is 2.58. The molecule has 1 aliphatic heterocycles. The summed E-state index contributed by atoms with van der Waals surface area (Å²) in [6.45, 7) is 7.94. The number of carboxylic acid groups (broad SMARTS) is 1. The second-order valence-electron chi connectivity index (χ2n) is 5.49. The van der Waals surface area contributed by atoms with Gasteiger partial charge < -0.3 is 10.8 Å². The summed E-state index contributed by atoms with van der Waals surface area (Å²) >= 11 is 0. The van der Waals surface area contributed by atoms with Gasteiger partial charge in [-0.05, 0) is 25.2 Å². The van der Waals surface area contributed by atoms with Crippen LogP contribution in [0.1, 0.15) is 46.5 Å². The van der Waals surface area contributed by atoms with Gasteiger partial charge in [0.15, 0.2) is 0 Å². The molecule has 17 heavy (non-hydrogen) atoms. The number of likely N-dealkylation sites (tertiary alicyclic amines) is 1. The highest BCUT2D eigenvalue weighted by atomic mass is 16.4. The fourth-order valence-electron chi connectivity index (χ4n) is 2.55. The van der Waals surface area contributed by atoms with Crippen LogP contribution in [-0.2, 0) is 4.79 Å². The minimum Gasteiger partial charge on any atom is -0.480 e. The van der Waals surface area contributed by atoms with Crippen molar-refractivity contribution in [3.8, 4) is 0 Å². The third kappa shape index (κ3) is 3.42. The molecule has 1 aliphatic rings. The summed E-state index contributed by atoms with van der Waals surface area (Å²) in [5.41, 5.74) is 4.88. The molecule has 1 fully saturated rings. The zero-order valence-electron chi connectivity index (χ0n) is 11.3. The summed E-state index contributed by atoms with van der Waals surface area (Å²) in [6, 6.07) is 0.481. The second-order valence-corrected chi connectivity index (χ2v) is 5.49. The fraction of sp³-hybridized carbons (Fsp3) is 0.923. The molecule has 0 aromatic rings. The molecule has 0 aromatic heterocycles. The molecular weight excluding hydrogens is 216 g/mol. The lowest BCUT2D eigenvalue weighted by atomic mass is 9.96. The third-order valence-electron chi connectivity index (χ3n) is 4.12. The van der Waals surface area contributed by atoms with Crippen LogP contribution in [0.2, 0.25) is 0 Å². The molecular formula is C13H26N2O2. The molecule has 4 nitrogen and oxygen atoms in total. The molecule has 0 saturated carbocycles. The smallest absolute Gasteiger partial charge is 0.325 e. The van der Waals surface area contributed by atoms with Gasteiger partial charge in [0.05, 0.1) is 0 Å². The van der Waals surface area contributed by atoms with Crippen LogP contribution in [0.15, 0.2) is 0 Å². The van der Waals surface area contributed by atoms with Crippen molar-refractivity contribution in [3.05, 3.63) is 0 Å². The standard InChI is InChI=1S/C13H26N2O2/c1-4-10(3)8-11(5-2)15-7-6-13(14,9-15)12(16)17/h10-11H,4-9,14H2,1-3H3,(H,16,17). The van der Waals surface area contributed by atoms with Crippen molar-refractivity contribution in [2.45, 2.75) is 58.0 Å². The average molecular weight is 242 g/mol. The molecule has 0 spiro atoms. The van der Waals surface area contributed by atoms with Gasteiger partial charge in [0.1, 0.15) is 5.54 Å². The Labute approximate surface area is 104 Å². The Morgan fingerprint density at radius 1 is 1.47 bits per heavy atom. The maximum absolute atomic E-state index is 11.1. The van der Waals surface area contributed by atoms with E-state index in [0.29, 0.717) is 24.9 Å². The lowest BCUT2D eigenvalue weighted by Gasteiger charge is -2.30. The van der Waals surface area contributed by atoms with Gasteiger partial charge in [-0.15, -0.1) is 0 Å². The van der Waals surface area contributed by atoms with Gasteiger partial charge in [0.25, 0.3) is 0 Å². The van der Waals surface area contributed by atoms with Gasteiger partial charge in [-0.3, -0.25) is 9.69 Å². The highest BCUT2D eigenvalue weighted by Gasteiger charge is 2.42. The maximum Gasteiger partial charge on any atom is 0.325 e. The van der Waals surface area contributed by atoms with Crippen molar-refractivity contribution >= 4 is 5.97 Å². The van der Waals surface area contributed by atoms with Gasteiger partial charge in [-0.25, -0.2) is 0 Å². The predicted octanol–water partition coefficient (Wildman–Crippen LogP) is 1.69. The van der Waals surface area contributed by atoms with Gasteiger partial charge in [-0.2, -0.15) is 0 Å². The first-order valence-electron chi connectivity index (χ1n) is 6.69. The molecule has 1 saturated heterocycles. The summed E-state index contributed by atoms with van der Waals surface area (Å²) in [6.07, 6.45) is 3.96. The number of carboxylic acids is 1. The van der Waals surface area contributed by atoms with Crippen LogP contribution in [-0.4, -0.2) is 40.6 Å². The van der Waals surface area contributed by atoms with E-state index >= 15 is 0 Å². The van der Waals surface area contributed by atoms with Crippen LogP contribution < -0.4 is 5.73 Å². The normalized spacial score (nSPS) is 29.2. The highest BCUT2D eigenvalue weighted by Crippen LogP contribution is 2.26. The summed E-state index contributed by atoms with van der Waals surface area (Å²) in [5.74, 6) is -0.170. The molecule has 1 rings (SSSR count). The Kier molecular flexibility index (Phi) is 4.95. The van der Waals surface area contributed by atoms with E-state index < -0.39 is 11.5 Å². The quantitative estimate of drug-likeness (QED) is 0.744. The van der Waals surface area contributed by atoms with E-state index in [9.17, 15) is 4.79 Å². The van der Waals surface area contributed by atoms with E-state index in [1.54, 1.807) is 0 Å². The molecule has 4 heteroatoms. The number of hydrogen-bond donors (Lipinski definition) is 2. The van der Waals surface area contributed by atoms with Crippen molar-refractivity contribution in [2.75, 3.05) is 13.1 Å². The van der Waals surface area contributed by atoms with Crippen molar-refractivity contribution in [2.24, 2.45) is 11.7 Å². The van der Waals surface area contributed by atoms with E-state index in [1.807, 2.05) is 0 Å². The van der Waals surface area contributed by atoms with Crippen LogP contribution >= 0.6 is 0 Å². The van der Waals surface area contributed by atoms with Crippen molar-refractivity contribution in [1.29, 1.82) is 0 Å². The van der Waals surface area contributed by atoms with Crippen LogP contribution in [0, 0.1) is 5.92 Å². The Morgan fingerprint density at radius 3 is 2.53 bits per heavy atom. The van der Waals surface area contributed by atoms with E-state index in [4.69, 9.17) is 10.8 Å². The number of carbonyl (C=O) groups is 1. The Bertz CT molecular complexity index is 270. The van der Waals surface area contributed by atoms with Crippen LogP contribution in [0.25, 0.3) is 0 Å². The maximum atomic E-state index is 11.1. The largest absolute Gasteiger partial charge is 0.480 e. The molecule has 0 bridgehead atoms. The van der Waals surface area contributed by atoms with Gasteiger partial charge in [-0.1, -0.05) is 27.2 Å². The number of hydrogen-bond acceptors (Lipinski definition) is 3. The molecule has 0 aliphatic carbocycles. The van der Waals surface area contributed by atoms with Gasteiger partial charge in [0, 0.05) is 19.1 Å². The molecule has 3 N–H and O–H groups in total. The number of aliphatic carboxylic acids is 1. The van der Waals surface area contributed by atoms with Gasteiger partial charge in [0.2, 0.25) is 0 Å². The third-order valence-corrected chi connectivity index (χ3v) is 4.12. The van der Waals surface area contributed by atoms with Crippen molar-refractivity contribution in [1.82, 2.24) is 4.90 Å². The Morgan fingerprint density at radius 2 is 2.12 bits per heavy atom. The summed E-state index contributed by atoms with van der Waals surface area (Å²) in [4.78, 5) is 13.4. The first kappa shape index (κ1) is 14.5. The first-order chi connectivity index (χ1) is 7.92. The zero-order chi connectivity index (χ0) is 13.1. The highest BCUT2D eigenvalue weighted by molar-refractivity contribution is 5.79. The number of nitrogens with two attached hydrogens (primary N) is 1. The monoisotopic (exact) mass is 242 g/mol. The number of rotatable bonds is 6. The molecule has 3 unspecified atom stereocenters. The van der Waals surface area contributed by atoms with E-state index in [1.165, 1.54) is 6.42 Å². The van der Waals surface area contributed by atoms with Crippen molar-refractivity contribution in [3.63, 3.8) is 0 Å². The predicted molar refractivity (Wildman–Crippen MR) is 68.9 cm³/mol. The topological polar surface area (TPSA) is 66.6 Å². The summed E-state index contributed by atoms with van der Waals surface area (Å²) in [7, 11) is 0. The molecule has 100 valence electrons. The lowest BCUT2D eigenvalue weighted by molar-refractivity contribution is -0.142. The molecule has 0 aromatic carbocycles. The van der Waals surface area contributed by atoms with E-state index in [2.05, 4.69) is 25.7 Å². The summed E-state index contributed by atoms with van der Waals surface area (Å²) < 4.78 is 0. The Hall–Kier alpha value is -0.610. The fourth-order valence-corrected chi connectivity index (χ4v) is 2.55. The lowest BCUT2D eigenvalue weighted by Crippen LogP contribution is -2.51. The van der Waals surface area contributed by atoms with Crippen LogP contribution in [0.4, 0.5) is 0 Å². The molecule has 0 amide bonds. The average Bonchev–Trinajstić information content (AvgIpc) is 2.69. The molecule has 3 atom stereocenters. The molecule has 1 heterocycles. The summed E-state index contributed by atoms with van der Waals surface area (Å²) in [5, 5.41) is 9.12. The minimum atomic E-state index is -1.02. The van der Waals surface area contributed by atoms with Crippen LogP contribution in [0.5, 0.6) is 0 Å². The van der Waals surface area contributed by atoms with Crippen LogP contribution in [0.3, 0.4) is 0 Å².